The molecule has 3 heteroatoms. The highest BCUT2D eigenvalue weighted by atomic mass is 16.2. The highest BCUT2D eigenvalue weighted by molar-refractivity contribution is 5.84. The molecule has 9 heavy (non-hydrogen) atoms. The summed E-state index contributed by atoms with van der Waals surface area (Å²) in [5, 5.41) is 2.59. The topological polar surface area (TPSA) is 46.2 Å². The Kier molecular flexibility index (Phi) is 1.27. The van der Waals surface area contributed by atoms with Crippen LogP contribution in [0.5, 0.6) is 0 Å². The third-order valence-electron chi connectivity index (χ3n) is 1.54. The maximum absolute atomic E-state index is 10.5. The quantitative estimate of drug-likeness (QED) is 0.492. The first-order valence-electron chi connectivity index (χ1n) is 2.89. The molecule has 0 aromatic carbocycles. The molecule has 1 atom stereocenters. The Morgan fingerprint density at radius 2 is 2.44 bits per heavy atom. The molecule has 0 aromatic rings. The fourth-order valence-electron chi connectivity index (χ4n) is 0.876. The molecule has 0 aromatic heterocycles. The molecule has 0 bridgehead atoms. The molecule has 50 valence electrons. The molecule has 0 spiro atoms. The molecule has 1 heterocycles. The number of amides is 1. The summed E-state index contributed by atoms with van der Waals surface area (Å²) < 4.78 is 0. The SMILES string of the molecule is CC1(C=O)CNC(=O)C1. The van der Waals surface area contributed by atoms with Crippen molar-refractivity contribution in [3.63, 3.8) is 0 Å². The molecular weight excluding hydrogens is 118 g/mol. The Labute approximate surface area is 53.4 Å². The normalized spacial score (nSPS) is 34.1. The lowest BCUT2D eigenvalue weighted by molar-refractivity contribution is -0.122. The number of aldehydes is 1. The van der Waals surface area contributed by atoms with Gasteiger partial charge in [0, 0.05) is 18.4 Å². The zero-order valence-electron chi connectivity index (χ0n) is 5.31. The molecule has 1 saturated heterocycles. The Morgan fingerprint density at radius 1 is 1.78 bits per heavy atom. The van der Waals surface area contributed by atoms with Gasteiger partial charge in [0.1, 0.15) is 6.29 Å². The van der Waals surface area contributed by atoms with Crippen LogP contribution in [0.4, 0.5) is 0 Å². The molecule has 0 saturated carbocycles. The molecule has 1 rings (SSSR count). The van der Waals surface area contributed by atoms with Crippen molar-refractivity contribution < 1.29 is 9.59 Å². The Morgan fingerprint density at radius 3 is 2.67 bits per heavy atom. The summed E-state index contributed by atoms with van der Waals surface area (Å²) in [6.45, 7) is 2.27. The van der Waals surface area contributed by atoms with Crippen LogP contribution in [0.3, 0.4) is 0 Å². The lowest BCUT2D eigenvalue weighted by Crippen LogP contribution is -2.21. The summed E-state index contributed by atoms with van der Waals surface area (Å²) in [6, 6.07) is 0. The Bertz CT molecular complexity index is 155. The average Bonchev–Trinajstić information content (AvgIpc) is 2.13. The van der Waals surface area contributed by atoms with Crippen molar-refractivity contribution in [3.05, 3.63) is 0 Å². The number of hydrogen-bond acceptors (Lipinski definition) is 2. The predicted octanol–water partition coefficient (Wildman–Crippen LogP) is -0.288. The summed E-state index contributed by atoms with van der Waals surface area (Å²) in [7, 11) is 0. The van der Waals surface area contributed by atoms with Crippen molar-refractivity contribution in [1.29, 1.82) is 0 Å². The second-order valence-electron chi connectivity index (χ2n) is 2.73. The van der Waals surface area contributed by atoms with Gasteiger partial charge in [-0.15, -0.1) is 0 Å². The number of nitrogens with one attached hydrogen (secondary N) is 1. The summed E-state index contributed by atoms with van der Waals surface area (Å²) in [5.41, 5.74) is -0.433. The van der Waals surface area contributed by atoms with Crippen LogP contribution in [-0.2, 0) is 9.59 Å². The molecule has 1 aliphatic heterocycles. The van der Waals surface area contributed by atoms with E-state index in [-0.39, 0.29) is 5.91 Å². The largest absolute Gasteiger partial charge is 0.355 e. The van der Waals surface area contributed by atoms with Crippen LogP contribution in [0.2, 0.25) is 0 Å². The van der Waals surface area contributed by atoms with E-state index in [9.17, 15) is 9.59 Å². The van der Waals surface area contributed by atoms with E-state index < -0.39 is 5.41 Å². The third-order valence-corrected chi connectivity index (χ3v) is 1.54. The first-order valence-corrected chi connectivity index (χ1v) is 2.89. The van der Waals surface area contributed by atoms with Gasteiger partial charge in [-0.1, -0.05) is 6.92 Å². The number of carbonyl (C=O) groups excluding carboxylic acids is 2. The maximum Gasteiger partial charge on any atom is 0.221 e. The van der Waals surface area contributed by atoms with E-state index in [0.29, 0.717) is 13.0 Å². The van der Waals surface area contributed by atoms with Crippen molar-refractivity contribution in [2.45, 2.75) is 13.3 Å². The van der Waals surface area contributed by atoms with E-state index >= 15 is 0 Å². The Hall–Kier alpha value is -0.860. The molecule has 0 radical (unpaired) electrons. The summed E-state index contributed by atoms with van der Waals surface area (Å²) in [4.78, 5) is 20.8. The lowest BCUT2D eigenvalue weighted by Gasteiger charge is -2.09. The van der Waals surface area contributed by atoms with E-state index in [0.717, 1.165) is 6.29 Å². The summed E-state index contributed by atoms with van der Waals surface area (Å²) in [5.74, 6) is -0.0235. The fourth-order valence-corrected chi connectivity index (χ4v) is 0.876. The lowest BCUT2D eigenvalue weighted by atomic mass is 9.92. The zero-order valence-corrected chi connectivity index (χ0v) is 5.31. The first kappa shape index (κ1) is 6.26. The minimum absolute atomic E-state index is 0.0235. The van der Waals surface area contributed by atoms with Crippen LogP contribution in [0.15, 0.2) is 0 Å². The van der Waals surface area contributed by atoms with Crippen LogP contribution in [-0.4, -0.2) is 18.7 Å². The first-order chi connectivity index (χ1) is 4.16. The van der Waals surface area contributed by atoms with Gasteiger partial charge in [-0.3, -0.25) is 4.79 Å². The van der Waals surface area contributed by atoms with Gasteiger partial charge in [0.2, 0.25) is 5.91 Å². The molecule has 1 unspecified atom stereocenters. The number of rotatable bonds is 1. The van der Waals surface area contributed by atoms with Crippen LogP contribution in [0, 0.1) is 5.41 Å². The van der Waals surface area contributed by atoms with Gasteiger partial charge in [0.05, 0.1) is 0 Å². The second-order valence-corrected chi connectivity index (χ2v) is 2.73. The van der Waals surface area contributed by atoms with Gasteiger partial charge in [0.25, 0.3) is 0 Å². The highest BCUT2D eigenvalue weighted by Gasteiger charge is 2.33. The minimum Gasteiger partial charge on any atom is -0.355 e. The van der Waals surface area contributed by atoms with E-state index in [1.165, 1.54) is 0 Å². The van der Waals surface area contributed by atoms with Gasteiger partial charge in [-0.05, 0) is 0 Å². The zero-order chi connectivity index (χ0) is 6.91. The molecule has 0 aliphatic carbocycles. The van der Waals surface area contributed by atoms with Gasteiger partial charge in [-0.2, -0.15) is 0 Å². The molecule has 1 fully saturated rings. The molecule has 1 aliphatic rings. The van der Waals surface area contributed by atoms with Crippen LogP contribution in [0.25, 0.3) is 0 Å². The smallest absolute Gasteiger partial charge is 0.221 e. The standard InChI is InChI=1S/C6H9NO2/c1-6(4-8)2-5(9)7-3-6/h4H,2-3H2,1H3,(H,7,9). The number of hydrogen-bond donors (Lipinski definition) is 1. The summed E-state index contributed by atoms with van der Waals surface area (Å²) in [6.07, 6.45) is 1.18. The van der Waals surface area contributed by atoms with Crippen LogP contribution < -0.4 is 5.32 Å². The van der Waals surface area contributed by atoms with Crippen molar-refractivity contribution in [1.82, 2.24) is 5.32 Å². The average molecular weight is 127 g/mol. The van der Waals surface area contributed by atoms with E-state index in [4.69, 9.17) is 0 Å². The highest BCUT2D eigenvalue weighted by Crippen LogP contribution is 2.21. The Balaban J connectivity index is 2.65. The van der Waals surface area contributed by atoms with Crippen molar-refractivity contribution in [2.24, 2.45) is 5.41 Å². The van der Waals surface area contributed by atoms with Crippen molar-refractivity contribution in [2.75, 3.05) is 6.54 Å². The van der Waals surface area contributed by atoms with E-state index in [1.54, 1.807) is 6.92 Å². The maximum atomic E-state index is 10.5. The molecule has 1 amide bonds. The molecule has 1 N–H and O–H groups in total. The van der Waals surface area contributed by atoms with Gasteiger partial charge in [-0.25, -0.2) is 0 Å². The van der Waals surface area contributed by atoms with Gasteiger partial charge in [0.15, 0.2) is 0 Å². The van der Waals surface area contributed by atoms with Crippen molar-refractivity contribution in [3.8, 4) is 0 Å². The predicted molar refractivity (Wildman–Crippen MR) is 31.8 cm³/mol. The van der Waals surface area contributed by atoms with E-state index in [2.05, 4.69) is 5.32 Å². The van der Waals surface area contributed by atoms with Gasteiger partial charge < -0.3 is 10.1 Å². The molecule has 3 nitrogen and oxygen atoms in total. The number of carbonyl (C=O) groups is 2. The monoisotopic (exact) mass is 127 g/mol. The minimum atomic E-state index is -0.433. The fraction of sp³-hybridized carbons (Fsp3) is 0.667. The van der Waals surface area contributed by atoms with Crippen LogP contribution >= 0.6 is 0 Å². The summed E-state index contributed by atoms with van der Waals surface area (Å²) >= 11 is 0. The second kappa shape index (κ2) is 1.83. The van der Waals surface area contributed by atoms with Crippen LogP contribution in [0.1, 0.15) is 13.3 Å². The molecular formula is C6H9NO2. The van der Waals surface area contributed by atoms with E-state index in [1.807, 2.05) is 0 Å². The van der Waals surface area contributed by atoms with Gasteiger partial charge >= 0.3 is 0 Å². The third kappa shape index (κ3) is 1.09. The van der Waals surface area contributed by atoms with Crippen molar-refractivity contribution >= 4 is 12.2 Å².